The SMILES string of the molecule is O=C1NC(=S)N(c2ccccc2)C(=O)/C1=C\c1c(Cc2ccccc2F)ccc2ccccc12. The lowest BCUT2D eigenvalue weighted by Crippen LogP contribution is -2.54. The van der Waals surface area contributed by atoms with Gasteiger partial charge in [0.25, 0.3) is 11.8 Å². The van der Waals surface area contributed by atoms with E-state index in [1.807, 2.05) is 42.5 Å². The minimum Gasteiger partial charge on any atom is -0.298 e. The van der Waals surface area contributed by atoms with E-state index in [4.69, 9.17) is 12.2 Å². The first-order valence-electron chi connectivity index (χ1n) is 10.7. The first-order chi connectivity index (χ1) is 16.5. The van der Waals surface area contributed by atoms with Crippen molar-refractivity contribution in [2.24, 2.45) is 0 Å². The number of anilines is 1. The lowest BCUT2D eigenvalue weighted by Gasteiger charge is -2.29. The molecule has 34 heavy (non-hydrogen) atoms. The molecule has 0 radical (unpaired) electrons. The van der Waals surface area contributed by atoms with Crippen LogP contribution >= 0.6 is 12.2 Å². The van der Waals surface area contributed by atoms with Crippen LogP contribution in [0.5, 0.6) is 0 Å². The molecule has 4 aromatic carbocycles. The van der Waals surface area contributed by atoms with Gasteiger partial charge in [0, 0.05) is 6.42 Å². The second-order valence-electron chi connectivity index (χ2n) is 7.92. The topological polar surface area (TPSA) is 49.4 Å². The Morgan fingerprint density at radius 3 is 2.32 bits per heavy atom. The number of para-hydroxylation sites is 1. The number of halogens is 1. The van der Waals surface area contributed by atoms with Crippen LogP contribution in [0.3, 0.4) is 0 Å². The summed E-state index contributed by atoms with van der Waals surface area (Å²) in [5.74, 6) is -1.38. The fraction of sp³-hybridized carbons (Fsp3) is 0.0357. The van der Waals surface area contributed by atoms with Gasteiger partial charge in [-0.1, -0.05) is 72.8 Å². The van der Waals surface area contributed by atoms with Crippen LogP contribution in [0.25, 0.3) is 16.8 Å². The molecule has 0 spiro atoms. The summed E-state index contributed by atoms with van der Waals surface area (Å²) in [6.45, 7) is 0. The van der Waals surface area contributed by atoms with E-state index in [-0.39, 0.29) is 16.5 Å². The lowest BCUT2D eigenvalue weighted by molar-refractivity contribution is -0.122. The smallest absolute Gasteiger partial charge is 0.270 e. The Morgan fingerprint density at radius 1 is 0.824 bits per heavy atom. The van der Waals surface area contributed by atoms with Crippen LogP contribution < -0.4 is 10.2 Å². The third kappa shape index (κ3) is 4.00. The summed E-state index contributed by atoms with van der Waals surface area (Å²) < 4.78 is 14.4. The monoisotopic (exact) mass is 466 g/mol. The zero-order valence-corrected chi connectivity index (χ0v) is 18.8. The minimum absolute atomic E-state index is 0.0304. The van der Waals surface area contributed by atoms with Crippen LogP contribution in [0, 0.1) is 5.82 Å². The minimum atomic E-state index is -0.563. The third-order valence-electron chi connectivity index (χ3n) is 5.80. The molecule has 166 valence electrons. The van der Waals surface area contributed by atoms with Crippen LogP contribution in [-0.2, 0) is 16.0 Å². The van der Waals surface area contributed by atoms with Crippen LogP contribution in [0.15, 0.2) is 96.6 Å². The number of rotatable bonds is 4. The van der Waals surface area contributed by atoms with E-state index < -0.39 is 11.8 Å². The van der Waals surface area contributed by atoms with Crippen LogP contribution in [0.1, 0.15) is 16.7 Å². The van der Waals surface area contributed by atoms with Crippen molar-refractivity contribution in [3.63, 3.8) is 0 Å². The standard InChI is InChI=1S/C28H19FN2O2S/c29-25-13-7-5-9-20(25)16-19-15-14-18-8-4-6-12-22(18)23(19)17-24-26(32)30-28(34)31(27(24)33)21-10-2-1-3-11-21/h1-15,17H,16H2,(H,30,32,34)/b24-17-. The first kappa shape index (κ1) is 21.7. The fourth-order valence-corrected chi connectivity index (χ4v) is 4.41. The summed E-state index contributed by atoms with van der Waals surface area (Å²) >= 11 is 5.29. The quantitative estimate of drug-likeness (QED) is 0.249. The second-order valence-corrected chi connectivity index (χ2v) is 8.31. The van der Waals surface area contributed by atoms with Gasteiger partial charge in [-0.25, -0.2) is 4.39 Å². The molecular formula is C28H19FN2O2S. The molecule has 4 aromatic rings. The molecule has 0 aromatic heterocycles. The van der Waals surface area contributed by atoms with Crippen molar-refractivity contribution in [2.45, 2.75) is 6.42 Å². The number of nitrogens with zero attached hydrogens (tertiary/aromatic N) is 1. The Balaban J connectivity index is 1.66. The van der Waals surface area contributed by atoms with Crippen molar-refractivity contribution in [3.8, 4) is 0 Å². The van der Waals surface area contributed by atoms with E-state index in [1.54, 1.807) is 48.5 Å². The molecule has 0 aliphatic carbocycles. The maximum absolute atomic E-state index is 14.4. The largest absolute Gasteiger partial charge is 0.298 e. The van der Waals surface area contributed by atoms with E-state index in [0.29, 0.717) is 23.2 Å². The molecule has 1 aliphatic rings. The predicted octanol–water partition coefficient (Wildman–Crippen LogP) is 5.40. The van der Waals surface area contributed by atoms with E-state index >= 15 is 0 Å². The number of hydrogen-bond acceptors (Lipinski definition) is 3. The van der Waals surface area contributed by atoms with Gasteiger partial charge in [-0.05, 0) is 64.0 Å². The van der Waals surface area contributed by atoms with Crippen molar-refractivity contribution >= 4 is 51.7 Å². The number of thiocarbonyl (C=S) groups is 1. The Hall–Kier alpha value is -4.16. The van der Waals surface area contributed by atoms with E-state index in [1.165, 1.54) is 11.0 Å². The molecule has 1 saturated heterocycles. The highest BCUT2D eigenvalue weighted by atomic mass is 32.1. The molecule has 1 heterocycles. The highest BCUT2D eigenvalue weighted by Gasteiger charge is 2.34. The molecule has 1 aliphatic heterocycles. The van der Waals surface area contributed by atoms with Gasteiger partial charge >= 0.3 is 0 Å². The fourth-order valence-electron chi connectivity index (χ4n) is 4.13. The highest BCUT2D eigenvalue weighted by molar-refractivity contribution is 7.80. The summed E-state index contributed by atoms with van der Waals surface area (Å²) in [6, 6.07) is 27.1. The van der Waals surface area contributed by atoms with Gasteiger partial charge in [-0.3, -0.25) is 19.8 Å². The Labute approximate surface area is 201 Å². The molecule has 1 fully saturated rings. The van der Waals surface area contributed by atoms with Gasteiger partial charge in [0.1, 0.15) is 11.4 Å². The molecule has 6 heteroatoms. The van der Waals surface area contributed by atoms with Gasteiger partial charge in [0.2, 0.25) is 0 Å². The molecule has 5 rings (SSSR count). The summed E-state index contributed by atoms with van der Waals surface area (Å²) in [5, 5.41) is 4.47. The molecule has 2 amide bonds. The van der Waals surface area contributed by atoms with E-state index in [2.05, 4.69) is 5.32 Å². The molecule has 1 N–H and O–H groups in total. The number of nitrogens with one attached hydrogen (secondary N) is 1. The van der Waals surface area contributed by atoms with Crippen molar-refractivity contribution < 1.29 is 14.0 Å². The first-order valence-corrected chi connectivity index (χ1v) is 11.1. The number of fused-ring (bicyclic) bond motifs is 1. The van der Waals surface area contributed by atoms with Gasteiger partial charge in [-0.15, -0.1) is 0 Å². The maximum atomic E-state index is 14.4. The Kier molecular flexibility index (Phi) is 5.74. The van der Waals surface area contributed by atoms with Gasteiger partial charge < -0.3 is 0 Å². The molecule has 0 atom stereocenters. The zero-order chi connectivity index (χ0) is 23.7. The van der Waals surface area contributed by atoms with Crippen molar-refractivity contribution in [3.05, 3.63) is 119 Å². The van der Waals surface area contributed by atoms with E-state index in [9.17, 15) is 14.0 Å². The summed E-state index contributed by atoms with van der Waals surface area (Å²) in [6.07, 6.45) is 1.90. The maximum Gasteiger partial charge on any atom is 0.270 e. The van der Waals surface area contributed by atoms with Crippen molar-refractivity contribution in [1.82, 2.24) is 5.32 Å². The van der Waals surface area contributed by atoms with Crippen LogP contribution in [0.2, 0.25) is 0 Å². The number of benzene rings is 4. The molecule has 0 bridgehead atoms. The number of amides is 2. The van der Waals surface area contributed by atoms with Gasteiger partial charge in [0.15, 0.2) is 5.11 Å². The highest BCUT2D eigenvalue weighted by Crippen LogP contribution is 2.29. The van der Waals surface area contributed by atoms with Crippen molar-refractivity contribution in [1.29, 1.82) is 0 Å². The van der Waals surface area contributed by atoms with Gasteiger partial charge in [-0.2, -0.15) is 0 Å². The molecular weight excluding hydrogens is 447 g/mol. The number of carbonyl (C=O) groups excluding carboxylic acids is 2. The zero-order valence-electron chi connectivity index (χ0n) is 18.0. The molecule has 0 saturated carbocycles. The van der Waals surface area contributed by atoms with Crippen LogP contribution in [0.4, 0.5) is 10.1 Å². The average Bonchev–Trinajstić information content (AvgIpc) is 2.84. The number of carbonyl (C=O) groups is 2. The summed E-state index contributed by atoms with van der Waals surface area (Å²) in [4.78, 5) is 27.7. The van der Waals surface area contributed by atoms with E-state index in [0.717, 1.165) is 16.3 Å². The Bertz CT molecular complexity index is 1480. The Morgan fingerprint density at radius 2 is 1.53 bits per heavy atom. The molecule has 4 nitrogen and oxygen atoms in total. The summed E-state index contributed by atoms with van der Waals surface area (Å²) in [7, 11) is 0. The normalized spacial score (nSPS) is 15.1. The molecule has 0 unspecified atom stereocenters. The third-order valence-corrected chi connectivity index (χ3v) is 6.09. The predicted molar refractivity (Wildman–Crippen MR) is 136 cm³/mol. The lowest BCUT2D eigenvalue weighted by atomic mass is 9.92. The van der Waals surface area contributed by atoms with Gasteiger partial charge in [0.05, 0.1) is 5.69 Å². The summed E-state index contributed by atoms with van der Waals surface area (Å²) in [5.41, 5.74) is 2.55. The average molecular weight is 467 g/mol. The number of hydrogen-bond donors (Lipinski definition) is 1. The van der Waals surface area contributed by atoms with Crippen LogP contribution in [-0.4, -0.2) is 16.9 Å². The second kappa shape index (κ2) is 9.00. The van der Waals surface area contributed by atoms with Crippen molar-refractivity contribution in [2.75, 3.05) is 4.90 Å².